The zero-order chi connectivity index (χ0) is 29.1. The summed E-state index contributed by atoms with van der Waals surface area (Å²) in [4.78, 5) is 28.8. The fraction of sp³-hybridized carbons (Fsp3) is 0.484. The number of methoxy groups -OCH3 is 1. The van der Waals surface area contributed by atoms with Gasteiger partial charge in [-0.1, -0.05) is 31.0 Å². The zero-order valence-electron chi connectivity index (χ0n) is 23.1. The molecule has 1 aliphatic heterocycles. The molecule has 220 valence electrons. The van der Waals surface area contributed by atoms with Gasteiger partial charge in [0.2, 0.25) is 11.8 Å². The molecule has 2 aromatic carbocycles. The van der Waals surface area contributed by atoms with E-state index in [1.54, 1.807) is 36.4 Å². The van der Waals surface area contributed by atoms with Crippen LogP contribution in [0.2, 0.25) is 0 Å². The molecule has 0 spiro atoms. The Labute approximate surface area is 238 Å². The van der Waals surface area contributed by atoms with Gasteiger partial charge in [-0.25, -0.2) is 4.39 Å². The Hall–Kier alpha value is -3.47. The maximum absolute atomic E-state index is 14.8. The van der Waals surface area contributed by atoms with Crippen molar-refractivity contribution >= 4 is 11.8 Å². The molecular weight excluding hydrogens is 531 g/mol. The molecule has 5 rings (SSSR count). The van der Waals surface area contributed by atoms with Gasteiger partial charge >= 0.3 is 0 Å². The number of hydrogen-bond acceptors (Lipinski definition) is 7. The van der Waals surface area contributed by atoms with Gasteiger partial charge in [0.1, 0.15) is 18.0 Å². The number of ether oxygens (including phenoxy) is 2. The minimum absolute atomic E-state index is 0.00798. The molecule has 2 amide bonds. The van der Waals surface area contributed by atoms with E-state index < -0.39 is 35.9 Å². The van der Waals surface area contributed by atoms with Gasteiger partial charge in [-0.3, -0.25) is 9.59 Å². The number of nitrogens with one attached hydrogen (secondary N) is 1. The molecule has 9 nitrogen and oxygen atoms in total. The molecule has 10 heteroatoms. The lowest BCUT2D eigenvalue weighted by Crippen LogP contribution is -2.55. The minimum Gasteiger partial charge on any atom is -0.493 e. The highest BCUT2D eigenvalue weighted by Crippen LogP contribution is 2.51. The third-order valence-electron chi connectivity index (χ3n) is 8.41. The highest BCUT2D eigenvalue weighted by atomic mass is 19.1. The Morgan fingerprint density at radius 1 is 1.17 bits per heavy atom. The van der Waals surface area contributed by atoms with E-state index in [4.69, 9.17) is 9.47 Å². The SMILES string of the molecule is COc1cc(CO)cc2c1OC1C2C(C(=O)NCCO)=CC(N(Cc2ccccc2F)C(=O)CC2CCCC2)C1O. The van der Waals surface area contributed by atoms with Crippen LogP contribution in [0.15, 0.2) is 48.0 Å². The number of nitrogens with zero attached hydrogens (tertiary/aromatic N) is 1. The quantitative estimate of drug-likeness (QED) is 0.347. The van der Waals surface area contributed by atoms with Crippen molar-refractivity contribution in [1.29, 1.82) is 0 Å². The highest BCUT2D eigenvalue weighted by molar-refractivity contribution is 5.96. The molecule has 4 unspecified atom stereocenters. The molecule has 4 N–H and O–H groups in total. The molecule has 2 aliphatic carbocycles. The maximum atomic E-state index is 14.8. The van der Waals surface area contributed by atoms with Crippen molar-refractivity contribution in [2.45, 2.75) is 69.4 Å². The number of fused-ring (bicyclic) bond motifs is 3. The second-order valence-electron chi connectivity index (χ2n) is 11.0. The van der Waals surface area contributed by atoms with Crippen molar-refractivity contribution in [3.05, 3.63) is 70.6 Å². The van der Waals surface area contributed by atoms with Crippen LogP contribution in [0.5, 0.6) is 11.5 Å². The summed E-state index contributed by atoms with van der Waals surface area (Å²) in [5.74, 6) is -1.00. The minimum atomic E-state index is -1.26. The molecule has 1 saturated carbocycles. The van der Waals surface area contributed by atoms with Crippen LogP contribution < -0.4 is 14.8 Å². The number of benzene rings is 2. The summed E-state index contributed by atoms with van der Waals surface area (Å²) < 4.78 is 26.6. The summed E-state index contributed by atoms with van der Waals surface area (Å²) in [6.07, 6.45) is 3.60. The number of aliphatic hydroxyl groups excluding tert-OH is 3. The summed E-state index contributed by atoms with van der Waals surface area (Å²) in [7, 11) is 1.46. The molecule has 0 aromatic heterocycles. The standard InChI is InChI=1S/C31H37FN2O7/c1-40-25-13-19(17-36)12-21-27-22(31(39)33-10-11-35)15-24(28(38)30(27)41-29(21)25)34(16-20-8-4-5-9-23(20)32)26(37)14-18-6-2-3-7-18/h4-5,8-9,12-13,15,18,24,27-28,30,35-36,38H,2-3,6-7,10-11,14,16-17H2,1H3,(H,33,39). The number of aliphatic hydroxyl groups is 3. The molecule has 41 heavy (non-hydrogen) atoms. The largest absolute Gasteiger partial charge is 0.493 e. The van der Waals surface area contributed by atoms with E-state index in [0.29, 0.717) is 28.2 Å². The molecule has 3 aliphatic rings. The van der Waals surface area contributed by atoms with E-state index in [-0.39, 0.29) is 50.1 Å². The predicted octanol–water partition coefficient (Wildman–Crippen LogP) is 2.56. The molecular formula is C31H37FN2O7. The first-order valence-corrected chi connectivity index (χ1v) is 14.2. The smallest absolute Gasteiger partial charge is 0.247 e. The van der Waals surface area contributed by atoms with Crippen molar-refractivity contribution in [2.75, 3.05) is 20.3 Å². The van der Waals surface area contributed by atoms with Crippen LogP contribution in [0, 0.1) is 11.7 Å². The average Bonchev–Trinajstić information content (AvgIpc) is 3.63. The fourth-order valence-electron chi connectivity index (χ4n) is 6.37. The lowest BCUT2D eigenvalue weighted by molar-refractivity contribution is -0.139. The zero-order valence-corrected chi connectivity index (χ0v) is 23.1. The van der Waals surface area contributed by atoms with E-state index >= 15 is 0 Å². The third-order valence-corrected chi connectivity index (χ3v) is 8.41. The first kappa shape index (κ1) is 29.0. The monoisotopic (exact) mass is 568 g/mol. The average molecular weight is 569 g/mol. The molecule has 0 saturated heterocycles. The highest BCUT2D eigenvalue weighted by Gasteiger charge is 2.51. The van der Waals surface area contributed by atoms with E-state index in [2.05, 4.69) is 5.32 Å². The Morgan fingerprint density at radius 3 is 2.61 bits per heavy atom. The van der Waals surface area contributed by atoms with E-state index in [9.17, 15) is 29.3 Å². The summed E-state index contributed by atoms with van der Waals surface area (Å²) in [6, 6.07) is 8.55. The normalized spacial score (nSPS) is 23.3. The lowest BCUT2D eigenvalue weighted by atomic mass is 9.77. The van der Waals surface area contributed by atoms with Crippen LogP contribution in [0.1, 0.15) is 54.7 Å². The summed E-state index contributed by atoms with van der Waals surface area (Å²) in [5.41, 5.74) is 1.66. The van der Waals surface area contributed by atoms with Gasteiger partial charge < -0.3 is 35.0 Å². The third kappa shape index (κ3) is 5.82. The number of amides is 2. The Bertz CT molecular complexity index is 1310. The topological polar surface area (TPSA) is 129 Å². The van der Waals surface area contributed by atoms with Crippen LogP contribution in [-0.4, -0.2) is 70.5 Å². The van der Waals surface area contributed by atoms with Crippen LogP contribution >= 0.6 is 0 Å². The molecule has 2 aromatic rings. The second kappa shape index (κ2) is 12.6. The van der Waals surface area contributed by atoms with E-state index in [0.717, 1.165) is 25.7 Å². The summed E-state index contributed by atoms with van der Waals surface area (Å²) in [5, 5.41) is 33.7. The van der Waals surface area contributed by atoms with Crippen LogP contribution in [-0.2, 0) is 22.7 Å². The first-order valence-electron chi connectivity index (χ1n) is 14.2. The molecule has 1 heterocycles. The van der Waals surface area contributed by atoms with Gasteiger partial charge in [-0.2, -0.15) is 0 Å². The van der Waals surface area contributed by atoms with Crippen LogP contribution in [0.25, 0.3) is 0 Å². The number of carbonyl (C=O) groups is 2. The lowest BCUT2D eigenvalue weighted by Gasteiger charge is -2.41. The Morgan fingerprint density at radius 2 is 1.93 bits per heavy atom. The van der Waals surface area contributed by atoms with E-state index in [1.165, 1.54) is 18.1 Å². The predicted molar refractivity (Wildman–Crippen MR) is 148 cm³/mol. The van der Waals surface area contributed by atoms with Gasteiger partial charge in [0.25, 0.3) is 0 Å². The van der Waals surface area contributed by atoms with Gasteiger partial charge in [0.15, 0.2) is 11.5 Å². The number of rotatable bonds is 10. The number of carbonyl (C=O) groups excluding carboxylic acids is 2. The van der Waals surface area contributed by atoms with Gasteiger partial charge in [-0.15, -0.1) is 0 Å². The van der Waals surface area contributed by atoms with Gasteiger partial charge in [-0.05, 0) is 48.6 Å². The van der Waals surface area contributed by atoms with Crippen molar-refractivity contribution in [2.24, 2.45) is 5.92 Å². The summed E-state index contributed by atoms with van der Waals surface area (Å²) in [6.45, 7) is -0.625. The van der Waals surface area contributed by atoms with Crippen molar-refractivity contribution < 1.29 is 38.8 Å². The maximum Gasteiger partial charge on any atom is 0.247 e. The van der Waals surface area contributed by atoms with Gasteiger partial charge in [0.05, 0.1) is 32.3 Å². The van der Waals surface area contributed by atoms with Crippen LogP contribution in [0.4, 0.5) is 4.39 Å². The molecule has 0 bridgehead atoms. The van der Waals surface area contributed by atoms with Crippen molar-refractivity contribution in [3.8, 4) is 11.5 Å². The fourth-order valence-corrected chi connectivity index (χ4v) is 6.37. The summed E-state index contributed by atoms with van der Waals surface area (Å²) >= 11 is 0. The number of hydrogen-bond donors (Lipinski definition) is 4. The van der Waals surface area contributed by atoms with Crippen molar-refractivity contribution in [3.63, 3.8) is 0 Å². The number of halogens is 1. The molecule has 1 fully saturated rings. The van der Waals surface area contributed by atoms with Gasteiger partial charge in [0, 0.05) is 36.2 Å². The molecule has 0 radical (unpaired) electrons. The Balaban J connectivity index is 1.58. The van der Waals surface area contributed by atoms with Crippen LogP contribution in [0.3, 0.4) is 0 Å². The van der Waals surface area contributed by atoms with E-state index in [1.807, 2.05) is 0 Å². The second-order valence-corrected chi connectivity index (χ2v) is 11.0. The van der Waals surface area contributed by atoms with Crippen molar-refractivity contribution in [1.82, 2.24) is 10.2 Å². The first-order chi connectivity index (χ1) is 19.9. The Kier molecular flexibility index (Phi) is 8.91. The molecule has 4 atom stereocenters.